The number of aromatic nitrogens is 2. The van der Waals surface area contributed by atoms with Gasteiger partial charge in [-0.25, -0.2) is 4.98 Å². The molecule has 0 aliphatic carbocycles. The van der Waals surface area contributed by atoms with E-state index in [2.05, 4.69) is 4.98 Å². The molecule has 21 heavy (non-hydrogen) atoms. The molecule has 2 aromatic rings. The van der Waals surface area contributed by atoms with E-state index >= 15 is 0 Å². The first-order valence-corrected chi connectivity index (χ1v) is 8.01. The zero-order valence-electron chi connectivity index (χ0n) is 11.2. The van der Waals surface area contributed by atoms with Crippen molar-refractivity contribution in [1.82, 2.24) is 9.55 Å². The van der Waals surface area contributed by atoms with Crippen LogP contribution in [0, 0.1) is 0 Å². The molecule has 0 spiro atoms. The summed E-state index contributed by atoms with van der Waals surface area (Å²) in [7, 11) is 0. The number of ether oxygens (including phenoxy) is 1. The van der Waals surface area contributed by atoms with Crippen LogP contribution in [0.4, 0.5) is 0 Å². The van der Waals surface area contributed by atoms with Gasteiger partial charge in [-0.05, 0) is 24.5 Å². The molecule has 0 radical (unpaired) electrons. The summed E-state index contributed by atoms with van der Waals surface area (Å²) < 4.78 is 7.29. The maximum Gasteiger partial charge on any atom is 0.170 e. The van der Waals surface area contributed by atoms with Gasteiger partial charge >= 0.3 is 0 Å². The molecule has 3 rings (SSSR count). The van der Waals surface area contributed by atoms with Gasteiger partial charge in [0.25, 0.3) is 0 Å². The number of nitrogens with zero attached hydrogens (tertiary/aromatic N) is 2. The average Bonchev–Trinajstić information content (AvgIpc) is 2.97. The lowest BCUT2D eigenvalue weighted by Gasteiger charge is -2.19. The molecule has 1 aromatic heterocycles. The van der Waals surface area contributed by atoms with Gasteiger partial charge in [0.1, 0.15) is 18.3 Å². The minimum absolute atomic E-state index is 0.364. The minimum Gasteiger partial charge on any atom is -0.394 e. The number of imidazole rings is 1. The SMILES string of the molecule is CSc1nc2ccc(Cl)cc2n1C1O[C@H](CO)[C@@H](O)[C@H]1O. The highest BCUT2D eigenvalue weighted by atomic mass is 35.5. The molecule has 1 aliphatic rings. The van der Waals surface area contributed by atoms with Crippen molar-refractivity contribution in [3.8, 4) is 0 Å². The molecular weight excluding hydrogens is 316 g/mol. The van der Waals surface area contributed by atoms with Crippen LogP contribution in [0.3, 0.4) is 0 Å². The number of aliphatic hydroxyl groups is 3. The molecule has 0 bridgehead atoms. The summed E-state index contributed by atoms with van der Waals surface area (Å²) in [5.41, 5.74) is 1.43. The lowest BCUT2D eigenvalue weighted by atomic mass is 10.1. The van der Waals surface area contributed by atoms with Crippen LogP contribution < -0.4 is 0 Å². The Morgan fingerprint density at radius 1 is 1.38 bits per heavy atom. The Kier molecular flexibility index (Phi) is 4.13. The molecule has 0 amide bonds. The van der Waals surface area contributed by atoms with Crippen LogP contribution in [-0.2, 0) is 4.74 Å². The van der Waals surface area contributed by atoms with Crippen molar-refractivity contribution in [3.05, 3.63) is 23.2 Å². The Morgan fingerprint density at radius 3 is 2.76 bits per heavy atom. The quantitative estimate of drug-likeness (QED) is 0.728. The Morgan fingerprint density at radius 2 is 2.14 bits per heavy atom. The van der Waals surface area contributed by atoms with Gasteiger partial charge in [0.05, 0.1) is 17.6 Å². The molecule has 1 unspecified atom stereocenters. The highest BCUT2D eigenvalue weighted by Gasteiger charge is 2.44. The van der Waals surface area contributed by atoms with Crippen LogP contribution in [0.2, 0.25) is 5.02 Å². The number of fused-ring (bicyclic) bond motifs is 1. The van der Waals surface area contributed by atoms with Gasteiger partial charge in [0.15, 0.2) is 11.4 Å². The predicted molar refractivity (Wildman–Crippen MR) is 79.5 cm³/mol. The lowest BCUT2D eigenvalue weighted by molar-refractivity contribution is -0.0545. The third-order valence-corrected chi connectivity index (χ3v) is 4.46. The topological polar surface area (TPSA) is 87.7 Å². The first kappa shape index (κ1) is 15.1. The fourth-order valence-corrected chi connectivity index (χ4v) is 3.28. The van der Waals surface area contributed by atoms with Crippen LogP contribution in [0.1, 0.15) is 6.23 Å². The molecule has 8 heteroatoms. The van der Waals surface area contributed by atoms with Crippen molar-refractivity contribution in [2.24, 2.45) is 0 Å². The van der Waals surface area contributed by atoms with Gasteiger partial charge in [0, 0.05) is 5.02 Å². The molecule has 3 N–H and O–H groups in total. The van der Waals surface area contributed by atoms with E-state index in [1.54, 1.807) is 22.8 Å². The van der Waals surface area contributed by atoms with Crippen molar-refractivity contribution in [2.75, 3.05) is 12.9 Å². The fourth-order valence-electron chi connectivity index (χ4n) is 2.53. The minimum atomic E-state index is -1.15. The standard InChI is InChI=1S/C13H15ClN2O4S/c1-21-13-15-7-3-2-6(14)4-8(7)16(13)12-11(19)10(18)9(5-17)20-12/h2-4,9-12,17-19H,5H2,1H3/t9-,10-,11-,12?/m1/s1. The zero-order valence-corrected chi connectivity index (χ0v) is 12.8. The summed E-state index contributed by atoms with van der Waals surface area (Å²) in [5.74, 6) is 0. The molecule has 114 valence electrons. The van der Waals surface area contributed by atoms with Crippen molar-refractivity contribution < 1.29 is 20.1 Å². The van der Waals surface area contributed by atoms with Crippen LogP contribution in [0.5, 0.6) is 0 Å². The number of hydrogen-bond acceptors (Lipinski definition) is 6. The van der Waals surface area contributed by atoms with Gasteiger partial charge in [-0.1, -0.05) is 23.4 Å². The number of aliphatic hydroxyl groups excluding tert-OH is 3. The van der Waals surface area contributed by atoms with Gasteiger partial charge in [-0.2, -0.15) is 0 Å². The van der Waals surface area contributed by atoms with E-state index in [1.165, 1.54) is 11.8 Å². The second-order valence-corrected chi connectivity index (χ2v) is 6.04. The second-order valence-electron chi connectivity index (χ2n) is 4.83. The van der Waals surface area contributed by atoms with E-state index in [1.807, 2.05) is 6.26 Å². The summed E-state index contributed by atoms with van der Waals surface area (Å²) in [5, 5.41) is 30.5. The van der Waals surface area contributed by atoms with E-state index in [0.29, 0.717) is 15.7 Å². The van der Waals surface area contributed by atoms with Gasteiger partial charge in [-0.15, -0.1) is 0 Å². The molecule has 2 heterocycles. The Labute approximate surface area is 130 Å². The van der Waals surface area contributed by atoms with E-state index in [9.17, 15) is 15.3 Å². The summed E-state index contributed by atoms with van der Waals surface area (Å²) in [6.07, 6.45) is -2.07. The van der Waals surface area contributed by atoms with Crippen molar-refractivity contribution in [3.63, 3.8) is 0 Å². The van der Waals surface area contributed by atoms with Gasteiger partial charge in [-0.3, -0.25) is 4.57 Å². The Bertz CT molecular complexity index is 665. The molecule has 4 atom stereocenters. The maximum atomic E-state index is 10.2. The highest BCUT2D eigenvalue weighted by molar-refractivity contribution is 7.98. The monoisotopic (exact) mass is 330 g/mol. The van der Waals surface area contributed by atoms with Crippen molar-refractivity contribution in [2.45, 2.75) is 29.7 Å². The van der Waals surface area contributed by atoms with Crippen molar-refractivity contribution >= 4 is 34.4 Å². The molecule has 1 saturated heterocycles. The molecule has 6 nitrogen and oxygen atoms in total. The first-order valence-electron chi connectivity index (χ1n) is 6.40. The predicted octanol–water partition coefficient (Wildman–Crippen LogP) is 1.02. The summed E-state index contributed by atoms with van der Waals surface area (Å²) >= 11 is 7.43. The smallest absolute Gasteiger partial charge is 0.170 e. The number of thioether (sulfide) groups is 1. The zero-order chi connectivity index (χ0) is 15.1. The molecule has 1 aliphatic heterocycles. The molecule has 0 saturated carbocycles. The van der Waals surface area contributed by atoms with Gasteiger partial charge in [0.2, 0.25) is 0 Å². The number of rotatable bonds is 3. The van der Waals surface area contributed by atoms with E-state index in [-0.39, 0.29) is 6.61 Å². The maximum absolute atomic E-state index is 10.2. The third-order valence-electron chi connectivity index (χ3n) is 3.57. The largest absolute Gasteiger partial charge is 0.394 e. The van der Waals surface area contributed by atoms with Crippen molar-refractivity contribution in [1.29, 1.82) is 0 Å². The average molecular weight is 331 g/mol. The molecule has 1 aromatic carbocycles. The Hall–Kier alpha value is -0.830. The molecule has 1 fully saturated rings. The van der Waals surface area contributed by atoms with E-state index in [0.717, 1.165) is 5.52 Å². The van der Waals surface area contributed by atoms with E-state index in [4.69, 9.17) is 16.3 Å². The van der Waals surface area contributed by atoms with E-state index < -0.39 is 24.5 Å². The number of halogens is 1. The summed E-state index contributed by atoms with van der Waals surface area (Å²) in [6, 6.07) is 5.26. The Balaban J connectivity index is 2.13. The van der Waals surface area contributed by atoms with Crippen LogP contribution >= 0.6 is 23.4 Å². The third kappa shape index (κ3) is 2.44. The highest BCUT2D eigenvalue weighted by Crippen LogP contribution is 2.36. The summed E-state index contributed by atoms with van der Waals surface area (Å²) in [4.78, 5) is 4.46. The van der Waals surface area contributed by atoms with Crippen LogP contribution in [0.15, 0.2) is 23.4 Å². The molecular formula is C13H15ClN2O4S. The fraction of sp³-hybridized carbons (Fsp3) is 0.462. The normalized spacial score (nSPS) is 29.4. The van der Waals surface area contributed by atoms with Gasteiger partial charge < -0.3 is 20.1 Å². The number of benzene rings is 1. The second kappa shape index (κ2) is 5.75. The lowest BCUT2D eigenvalue weighted by Crippen LogP contribution is -2.33. The van der Waals surface area contributed by atoms with Crippen LogP contribution in [-0.4, -0.2) is 56.0 Å². The first-order chi connectivity index (χ1) is 10.1. The summed E-state index contributed by atoms with van der Waals surface area (Å²) in [6.45, 7) is -0.364. The number of hydrogen-bond donors (Lipinski definition) is 3. The van der Waals surface area contributed by atoms with Crippen LogP contribution in [0.25, 0.3) is 11.0 Å².